The summed E-state index contributed by atoms with van der Waals surface area (Å²) in [5.41, 5.74) is 0. The smallest absolute Gasteiger partial charge is 0.0477 e. The van der Waals surface area contributed by atoms with Gasteiger partial charge in [0.15, 0.2) is 0 Å². The van der Waals surface area contributed by atoms with Crippen molar-refractivity contribution >= 4 is 0 Å². The van der Waals surface area contributed by atoms with Gasteiger partial charge in [-0.3, -0.25) is 0 Å². The number of nitrogens with one attached hydrogen (secondary N) is 1. The van der Waals surface area contributed by atoms with Crippen molar-refractivity contribution in [3.05, 3.63) is 0 Å². The van der Waals surface area contributed by atoms with Gasteiger partial charge in [-0.25, -0.2) is 0 Å². The van der Waals surface area contributed by atoms with Crippen LogP contribution in [0.3, 0.4) is 0 Å². The molecule has 0 fully saturated rings. The highest BCUT2D eigenvalue weighted by molar-refractivity contribution is 4.62. The molecule has 0 saturated heterocycles. The lowest BCUT2D eigenvalue weighted by Crippen LogP contribution is -2.28. The monoisotopic (exact) mass is 187 g/mol. The fourth-order valence-corrected chi connectivity index (χ4v) is 1.46. The Morgan fingerprint density at radius 3 is 2.46 bits per heavy atom. The quantitative estimate of drug-likeness (QED) is 0.589. The molecule has 0 aliphatic rings. The Bertz CT molecular complexity index is 104. The molecule has 0 spiro atoms. The summed E-state index contributed by atoms with van der Waals surface area (Å²) in [4.78, 5) is 0. The van der Waals surface area contributed by atoms with Crippen molar-refractivity contribution in [2.75, 3.05) is 19.8 Å². The van der Waals surface area contributed by atoms with Gasteiger partial charge in [-0.2, -0.15) is 0 Å². The van der Waals surface area contributed by atoms with E-state index in [2.05, 4.69) is 26.1 Å². The molecule has 0 aliphatic heterocycles. The molecule has 2 nitrogen and oxygen atoms in total. The minimum atomic E-state index is 0.640. The van der Waals surface area contributed by atoms with Gasteiger partial charge in [-0.05, 0) is 39.2 Å². The third-order valence-electron chi connectivity index (χ3n) is 1.99. The third-order valence-corrected chi connectivity index (χ3v) is 1.99. The maximum atomic E-state index is 5.26. The third kappa shape index (κ3) is 9.84. The van der Waals surface area contributed by atoms with Crippen LogP contribution in [0.5, 0.6) is 0 Å². The van der Waals surface area contributed by atoms with E-state index in [1.165, 1.54) is 6.42 Å². The van der Waals surface area contributed by atoms with Crippen LogP contribution in [-0.2, 0) is 4.74 Å². The van der Waals surface area contributed by atoms with E-state index < -0.39 is 0 Å². The summed E-state index contributed by atoms with van der Waals surface area (Å²) in [6, 6.07) is 0.640. The van der Waals surface area contributed by atoms with Crippen LogP contribution >= 0.6 is 0 Å². The summed E-state index contributed by atoms with van der Waals surface area (Å²) in [5.74, 6) is 0.786. The maximum Gasteiger partial charge on any atom is 0.0477 e. The van der Waals surface area contributed by atoms with Gasteiger partial charge in [0.25, 0.3) is 0 Å². The SMILES string of the molecule is CCOCCCNC(C)CC(C)C. The number of hydrogen-bond acceptors (Lipinski definition) is 2. The topological polar surface area (TPSA) is 21.3 Å². The second-order valence-electron chi connectivity index (χ2n) is 4.04. The van der Waals surface area contributed by atoms with Gasteiger partial charge in [-0.15, -0.1) is 0 Å². The summed E-state index contributed by atoms with van der Waals surface area (Å²) in [6.45, 7) is 11.6. The molecule has 0 aromatic carbocycles. The fraction of sp³-hybridized carbons (Fsp3) is 1.00. The lowest BCUT2D eigenvalue weighted by Gasteiger charge is -2.15. The maximum absolute atomic E-state index is 5.26. The first kappa shape index (κ1) is 12.9. The van der Waals surface area contributed by atoms with E-state index >= 15 is 0 Å². The number of ether oxygens (including phenoxy) is 1. The van der Waals surface area contributed by atoms with E-state index in [9.17, 15) is 0 Å². The minimum Gasteiger partial charge on any atom is -0.382 e. The second kappa shape index (κ2) is 8.52. The van der Waals surface area contributed by atoms with Gasteiger partial charge in [0.05, 0.1) is 0 Å². The van der Waals surface area contributed by atoms with Crippen molar-refractivity contribution < 1.29 is 4.74 Å². The zero-order chi connectivity index (χ0) is 10.1. The summed E-state index contributed by atoms with van der Waals surface area (Å²) in [5, 5.41) is 3.49. The van der Waals surface area contributed by atoms with Gasteiger partial charge in [0, 0.05) is 19.3 Å². The van der Waals surface area contributed by atoms with Crippen LogP contribution in [0.4, 0.5) is 0 Å². The van der Waals surface area contributed by atoms with Crippen molar-refractivity contribution in [1.82, 2.24) is 5.32 Å². The Kier molecular flexibility index (Phi) is 8.46. The molecule has 0 radical (unpaired) electrons. The van der Waals surface area contributed by atoms with E-state index in [-0.39, 0.29) is 0 Å². The Balaban J connectivity index is 3.12. The van der Waals surface area contributed by atoms with Gasteiger partial charge in [-0.1, -0.05) is 13.8 Å². The summed E-state index contributed by atoms with van der Waals surface area (Å²) < 4.78 is 5.26. The molecule has 0 aromatic heterocycles. The van der Waals surface area contributed by atoms with Crippen molar-refractivity contribution in [2.24, 2.45) is 5.92 Å². The molecule has 1 unspecified atom stereocenters. The minimum absolute atomic E-state index is 0.640. The van der Waals surface area contributed by atoms with Crippen LogP contribution in [-0.4, -0.2) is 25.8 Å². The predicted molar refractivity (Wildman–Crippen MR) is 58.0 cm³/mol. The average molecular weight is 187 g/mol. The van der Waals surface area contributed by atoms with Crippen LogP contribution in [0.2, 0.25) is 0 Å². The lowest BCUT2D eigenvalue weighted by molar-refractivity contribution is 0.144. The molecular formula is C11H25NO. The van der Waals surface area contributed by atoms with Crippen molar-refractivity contribution in [3.8, 4) is 0 Å². The zero-order valence-electron chi connectivity index (χ0n) is 9.60. The standard InChI is InChI=1S/C11H25NO/c1-5-13-8-6-7-12-11(4)9-10(2)3/h10-12H,5-9H2,1-4H3. The van der Waals surface area contributed by atoms with Crippen LogP contribution < -0.4 is 5.32 Å². The summed E-state index contributed by atoms with van der Waals surface area (Å²) >= 11 is 0. The predicted octanol–water partition coefficient (Wildman–Crippen LogP) is 2.44. The molecule has 0 rings (SSSR count). The first-order valence-electron chi connectivity index (χ1n) is 5.48. The van der Waals surface area contributed by atoms with E-state index in [1.807, 2.05) is 6.92 Å². The molecule has 1 N–H and O–H groups in total. The molecule has 2 heteroatoms. The van der Waals surface area contributed by atoms with Gasteiger partial charge < -0.3 is 10.1 Å². The Morgan fingerprint density at radius 1 is 1.23 bits per heavy atom. The van der Waals surface area contributed by atoms with E-state index in [0.717, 1.165) is 32.1 Å². The van der Waals surface area contributed by atoms with Gasteiger partial charge in [0.2, 0.25) is 0 Å². The molecule has 0 saturated carbocycles. The molecule has 1 atom stereocenters. The van der Waals surface area contributed by atoms with Crippen molar-refractivity contribution in [3.63, 3.8) is 0 Å². The van der Waals surface area contributed by atoms with Crippen LogP contribution in [0.15, 0.2) is 0 Å². The van der Waals surface area contributed by atoms with Crippen LogP contribution in [0, 0.1) is 5.92 Å². The zero-order valence-corrected chi connectivity index (χ0v) is 9.60. The number of hydrogen-bond donors (Lipinski definition) is 1. The van der Waals surface area contributed by atoms with Crippen LogP contribution in [0.1, 0.15) is 40.5 Å². The molecular weight excluding hydrogens is 162 g/mol. The fourth-order valence-electron chi connectivity index (χ4n) is 1.46. The first-order chi connectivity index (χ1) is 6.16. The van der Waals surface area contributed by atoms with Crippen molar-refractivity contribution in [2.45, 2.75) is 46.6 Å². The Labute approximate surface area is 83.1 Å². The molecule has 0 aromatic rings. The van der Waals surface area contributed by atoms with Gasteiger partial charge >= 0.3 is 0 Å². The molecule has 0 bridgehead atoms. The largest absolute Gasteiger partial charge is 0.382 e. The summed E-state index contributed by atoms with van der Waals surface area (Å²) in [7, 11) is 0. The highest BCUT2D eigenvalue weighted by Crippen LogP contribution is 2.03. The molecule has 13 heavy (non-hydrogen) atoms. The first-order valence-corrected chi connectivity index (χ1v) is 5.48. The summed E-state index contributed by atoms with van der Waals surface area (Å²) in [6.07, 6.45) is 2.38. The molecule has 0 heterocycles. The van der Waals surface area contributed by atoms with E-state index in [4.69, 9.17) is 4.74 Å². The molecule has 0 amide bonds. The molecule has 80 valence electrons. The Morgan fingerprint density at radius 2 is 1.92 bits per heavy atom. The highest BCUT2D eigenvalue weighted by atomic mass is 16.5. The van der Waals surface area contributed by atoms with Crippen molar-refractivity contribution in [1.29, 1.82) is 0 Å². The van der Waals surface area contributed by atoms with E-state index in [1.54, 1.807) is 0 Å². The van der Waals surface area contributed by atoms with Gasteiger partial charge in [0.1, 0.15) is 0 Å². The molecule has 0 aliphatic carbocycles. The lowest BCUT2D eigenvalue weighted by atomic mass is 10.1. The highest BCUT2D eigenvalue weighted by Gasteiger charge is 2.02. The van der Waals surface area contributed by atoms with Crippen LogP contribution in [0.25, 0.3) is 0 Å². The normalized spacial score (nSPS) is 13.6. The Hall–Kier alpha value is -0.0800. The average Bonchev–Trinajstić information content (AvgIpc) is 2.02. The number of rotatable bonds is 8. The van der Waals surface area contributed by atoms with E-state index in [0.29, 0.717) is 6.04 Å². The second-order valence-corrected chi connectivity index (χ2v) is 4.04.